The summed E-state index contributed by atoms with van der Waals surface area (Å²) in [5.41, 5.74) is 6.33. The lowest BCUT2D eigenvalue weighted by molar-refractivity contribution is 0.601. The van der Waals surface area contributed by atoms with Crippen molar-refractivity contribution in [3.63, 3.8) is 0 Å². The van der Waals surface area contributed by atoms with Gasteiger partial charge in [-0.3, -0.25) is 0 Å². The Hall–Kier alpha value is 0.140. The van der Waals surface area contributed by atoms with Crippen LogP contribution in [0.2, 0.25) is 0 Å². The summed E-state index contributed by atoms with van der Waals surface area (Å²) >= 11 is 5.46. The fourth-order valence-corrected chi connectivity index (χ4v) is 4.13. The SMILES string of the molecule is Cc1cc(Br)c(C2C(N)C2(C)C)s1. The van der Waals surface area contributed by atoms with Gasteiger partial charge in [0.15, 0.2) is 0 Å². The Balaban J connectivity index is 2.34. The number of hydrogen-bond donors (Lipinski definition) is 1. The van der Waals surface area contributed by atoms with E-state index in [9.17, 15) is 0 Å². The quantitative estimate of drug-likeness (QED) is 0.824. The molecule has 2 N–H and O–H groups in total. The van der Waals surface area contributed by atoms with Crippen LogP contribution in [-0.4, -0.2) is 6.04 Å². The van der Waals surface area contributed by atoms with Gasteiger partial charge in [-0.15, -0.1) is 11.3 Å². The molecule has 3 heteroatoms. The van der Waals surface area contributed by atoms with E-state index in [1.54, 1.807) is 0 Å². The molecule has 13 heavy (non-hydrogen) atoms. The standard InChI is InChI=1S/C10H14BrNS/c1-5-4-6(11)8(13-5)7-9(12)10(7,2)3/h4,7,9H,12H2,1-3H3. The third-order valence-corrected chi connectivity index (χ3v) is 5.08. The fourth-order valence-electron chi connectivity index (χ4n) is 1.89. The number of thiophene rings is 1. The molecule has 0 radical (unpaired) electrons. The van der Waals surface area contributed by atoms with Crippen LogP contribution in [0.25, 0.3) is 0 Å². The number of aryl methyl sites for hydroxylation is 1. The van der Waals surface area contributed by atoms with Gasteiger partial charge in [0, 0.05) is 26.2 Å². The Morgan fingerprint density at radius 3 is 2.38 bits per heavy atom. The number of halogens is 1. The lowest BCUT2D eigenvalue weighted by Crippen LogP contribution is -2.06. The first-order valence-electron chi connectivity index (χ1n) is 4.46. The topological polar surface area (TPSA) is 26.0 Å². The molecule has 72 valence electrons. The van der Waals surface area contributed by atoms with Crippen molar-refractivity contribution in [2.45, 2.75) is 32.7 Å². The van der Waals surface area contributed by atoms with Gasteiger partial charge in [0.25, 0.3) is 0 Å². The third-order valence-electron chi connectivity index (χ3n) is 3.03. The first-order chi connectivity index (χ1) is 5.94. The van der Waals surface area contributed by atoms with Crippen LogP contribution in [0, 0.1) is 12.3 Å². The summed E-state index contributed by atoms with van der Waals surface area (Å²) in [6.45, 7) is 6.62. The predicted molar refractivity (Wildman–Crippen MR) is 61.3 cm³/mol. The molecule has 1 aliphatic rings. The first kappa shape index (κ1) is 9.69. The zero-order valence-electron chi connectivity index (χ0n) is 8.10. The Bertz CT molecular complexity index is 343. The fraction of sp³-hybridized carbons (Fsp3) is 0.600. The second kappa shape index (κ2) is 2.81. The van der Waals surface area contributed by atoms with Gasteiger partial charge >= 0.3 is 0 Å². The summed E-state index contributed by atoms with van der Waals surface area (Å²) in [5.74, 6) is 0.556. The van der Waals surface area contributed by atoms with E-state index in [1.807, 2.05) is 11.3 Å². The van der Waals surface area contributed by atoms with Crippen molar-refractivity contribution in [3.05, 3.63) is 20.3 Å². The van der Waals surface area contributed by atoms with Crippen molar-refractivity contribution >= 4 is 27.3 Å². The molecule has 0 bridgehead atoms. The van der Waals surface area contributed by atoms with E-state index < -0.39 is 0 Å². The maximum atomic E-state index is 6.04. The molecule has 0 amide bonds. The Labute approximate surface area is 91.5 Å². The second-order valence-corrected chi connectivity index (χ2v) is 6.54. The summed E-state index contributed by atoms with van der Waals surface area (Å²) in [7, 11) is 0. The van der Waals surface area contributed by atoms with E-state index in [2.05, 4.69) is 42.8 Å². The predicted octanol–water partition coefficient (Wildman–Crippen LogP) is 3.27. The van der Waals surface area contributed by atoms with Crippen LogP contribution in [0.15, 0.2) is 10.5 Å². The number of rotatable bonds is 1. The van der Waals surface area contributed by atoms with Crippen molar-refractivity contribution in [2.75, 3.05) is 0 Å². The summed E-state index contributed by atoms with van der Waals surface area (Å²) in [4.78, 5) is 2.78. The minimum atomic E-state index is 0.291. The zero-order chi connectivity index (χ0) is 9.80. The number of hydrogen-bond acceptors (Lipinski definition) is 2. The van der Waals surface area contributed by atoms with E-state index in [0.29, 0.717) is 17.4 Å². The molecule has 1 aromatic heterocycles. The average molecular weight is 260 g/mol. The molecule has 1 fully saturated rings. The van der Waals surface area contributed by atoms with E-state index >= 15 is 0 Å². The van der Waals surface area contributed by atoms with Gasteiger partial charge in [0.2, 0.25) is 0 Å². The largest absolute Gasteiger partial charge is 0.327 e. The average Bonchev–Trinajstić information content (AvgIpc) is 2.36. The van der Waals surface area contributed by atoms with E-state index in [-0.39, 0.29) is 0 Å². The highest BCUT2D eigenvalue weighted by Crippen LogP contribution is 2.60. The highest BCUT2D eigenvalue weighted by atomic mass is 79.9. The second-order valence-electron chi connectivity index (χ2n) is 4.39. The molecule has 0 aromatic carbocycles. The van der Waals surface area contributed by atoms with Crippen LogP contribution < -0.4 is 5.73 Å². The van der Waals surface area contributed by atoms with E-state index in [0.717, 1.165) is 0 Å². The third kappa shape index (κ3) is 1.37. The number of nitrogens with two attached hydrogens (primary N) is 1. The van der Waals surface area contributed by atoms with E-state index in [4.69, 9.17) is 5.73 Å². The van der Waals surface area contributed by atoms with E-state index in [1.165, 1.54) is 14.2 Å². The highest BCUT2D eigenvalue weighted by molar-refractivity contribution is 9.10. The molecule has 2 atom stereocenters. The normalized spacial score (nSPS) is 30.5. The molecule has 0 saturated heterocycles. The summed E-state index contributed by atoms with van der Waals surface area (Å²) in [6, 6.07) is 2.52. The molecule has 0 aliphatic heterocycles. The molecule has 1 nitrogen and oxygen atoms in total. The Morgan fingerprint density at radius 2 is 2.08 bits per heavy atom. The van der Waals surface area contributed by atoms with Gasteiger partial charge < -0.3 is 5.73 Å². The maximum Gasteiger partial charge on any atom is 0.0320 e. The van der Waals surface area contributed by atoms with Crippen LogP contribution in [0.5, 0.6) is 0 Å². The van der Waals surface area contributed by atoms with Gasteiger partial charge in [-0.2, -0.15) is 0 Å². The van der Waals surface area contributed by atoms with Gasteiger partial charge in [-0.1, -0.05) is 13.8 Å². The molecule has 1 aliphatic carbocycles. The van der Waals surface area contributed by atoms with Crippen molar-refractivity contribution in [3.8, 4) is 0 Å². The van der Waals surface area contributed by atoms with Crippen molar-refractivity contribution in [1.82, 2.24) is 0 Å². The first-order valence-corrected chi connectivity index (χ1v) is 6.07. The molecule has 1 saturated carbocycles. The molecule has 2 unspecified atom stereocenters. The zero-order valence-corrected chi connectivity index (χ0v) is 10.5. The molecular formula is C10H14BrNS. The molecule has 0 spiro atoms. The molecule has 2 rings (SSSR count). The molecule has 1 heterocycles. The Morgan fingerprint density at radius 1 is 1.54 bits per heavy atom. The summed E-state index contributed by atoms with van der Waals surface area (Å²) in [5, 5.41) is 0. The van der Waals surface area contributed by atoms with Crippen LogP contribution >= 0.6 is 27.3 Å². The lowest BCUT2D eigenvalue weighted by atomic mass is 10.1. The molecule has 1 aromatic rings. The van der Waals surface area contributed by atoms with Gasteiger partial charge in [0.1, 0.15) is 0 Å². The molecular weight excluding hydrogens is 246 g/mol. The van der Waals surface area contributed by atoms with Crippen LogP contribution in [0.4, 0.5) is 0 Å². The summed E-state index contributed by atoms with van der Waals surface area (Å²) in [6.07, 6.45) is 0. The Kier molecular flexibility index (Phi) is 2.10. The highest BCUT2D eigenvalue weighted by Gasteiger charge is 2.57. The minimum Gasteiger partial charge on any atom is -0.327 e. The van der Waals surface area contributed by atoms with Crippen molar-refractivity contribution in [1.29, 1.82) is 0 Å². The summed E-state index contributed by atoms with van der Waals surface area (Å²) < 4.78 is 1.24. The lowest BCUT2D eigenvalue weighted by Gasteiger charge is -1.99. The minimum absolute atomic E-state index is 0.291. The maximum absolute atomic E-state index is 6.04. The van der Waals surface area contributed by atoms with Crippen LogP contribution in [0.3, 0.4) is 0 Å². The smallest absolute Gasteiger partial charge is 0.0320 e. The van der Waals surface area contributed by atoms with Crippen LogP contribution in [0.1, 0.15) is 29.5 Å². The van der Waals surface area contributed by atoms with Gasteiger partial charge in [-0.25, -0.2) is 0 Å². The van der Waals surface area contributed by atoms with Crippen LogP contribution in [-0.2, 0) is 0 Å². The van der Waals surface area contributed by atoms with Gasteiger partial charge in [0.05, 0.1) is 0 Å². The van der Waals surface area contributed by atoms with Gasteiger partial charge in [-0.05, 0) is 34.3 Å². The van der Waals surface area contributed by atoms with Crippen molar-refractivity contribution in [2.24, 2.45) is 11.1 Å². The van der Waals surface area contributed by atoms with Crippen molar-refractivity contribution < 1.29 is 0 Å². The monoisotopic (exact) mass is 259 g/mol.